The molecule has 1 N–H and O–H groups in total. The Labute approximate surface area is 181 Å². The number of carbonyl (C=O) groups is 2. The van der Waals surface area contributed by atoms with Crippen molar-refractivity contribution in [2.24, 2.45) is 0 Å². The molecule has 0 aliphatic heterocycles. The highest BCUT2D eigenvalue weighted by molar-refractivity contribution is 9.10. The summed E-state index contributed by atoms with van der Waals surface area (Å²) in [5.41, 5.74) is 2.15. The van der Waals surface area contributed by atoms with E-state index in [0.29, 0.717) is 18.7 Å². The Morgan fingerprint density at radius 1 is 1.10 bits per heavy atom. The van der Waals surface area contributed by atoms with Crippen LogP contribution < -0.4 is 10.1 Å². The maximum absolute atomic E-state index is 12.9. The lowest BCUT2D eigenvalue weighted by molar-refractivity contribution is -0.141. The number of benzene rings is 2. The fraction of sp³-hybridized carbons (Fsp3) is 0.391. The summed E-state index contributed by atoms with van der Waals surface area (Å²) >= 11 is 3.45. The minimum atomic E-state index is -0.580. The van der Waals surface area contributed by atoms with Crippen LogP contribution in [0.15, 0.2) is 53.0 Å². The zero-order valence-electron chi connectivity index (χ0n) is 17.4. The number of hydrogen-bond acceptors (Lipinski definition) is 3. The Balaban J connectivity index is 2.07. The van der Waals surface area contributed by atoms with Gasteiger partial charge >= 0.3 is 0 Å². The molecule has 5 nitrogen and oxygen atoms in total. The van der Waals surface area contributed by atoms with Gasteiger partial charge in [0, 0.05) is 17.1 Å². The van der Waals surface area contributed by atoms with Gasteiger partial charge in [-0.15, -0.1) is 0 Å². The molecule has 0 spiro atoms. The smallest absolute Gasteiger partial charge is 0.261 e. The molecule has 6 heteroatoms. The standard InChI is InChI=1S/C23H29BrN2O3/c1-16(2)25-23(28)18(4)26(13-12-19-8-6-5-7-9-19)22(27)15-29-20-10-11-21(24)17(3)14-20/h5-11,14,16,18H,12-13,15H2,1-4H3,(H,25,28)/t18-/m1/s1. The molecule has 0 aromatic heterocycles. The summed E-state index contributed by atoms with van der Waals surface area (Å²) in [5.74, 6) is 0.246. The van der Waals surface area contributed by atoms with Crippen molar-refractivity contribution in [3.8, 4) is 5.75 Å². The Morgan fingerprint density at radius 3 is 2.41 bits per heavy atom. The van der Waals surface area contributed by atoms with Gasteiger partial charge < -0.3 is 15.0 Å². The molecular formula is C23H29BrN2O3. The van der Waals surface area contributed by atoms with E-state index in [1.807, 2.05) is 69.3 Å². The number of carbonyl (C=O) groups excluding carboxylic acids is 2. The molecule has 0 saturated heterocycles. The highest BCUT2D eigenvalue weighted by Gasteiger charge is 2.26. The third kappa shape index (κ3) is 7.20. The lowest BCUT2D eigenvalue weighted by Crippen LogP contribution is -2.51. The largest absolute Gasteiger partial charge is 0.484 e. The molecule has 0 aliphatic carbocycles. The van der Waals surface area contributed by atoms with Crippen LogP contribution in [-0.2, 0) is 16.0 Å². The van der Waals surface area contributed by atoms with Gasteiger partial charge in [-0.25, -0.2) is 0 Å². The van der Waals surface area contributed by atoms with Gasteiger partial charge in [0.2, 0.25) is 5.91 Å². The molecule has 0 saturated carbocycles. The van der Waals surface area contributed by atoms with Crippen LogP contribution in [0, 0.1) is 6.92 Å². The molecule has 29 heavy (non-hydrogen) atoms. The van der Waals surface area contributed by atoms with Gasteiger partial charge in [-0.3, -0.25) is 9.59 Å². The molecule has 2 aromatic rings. The Morgan fingerprint density at radius 2 is 1.79 bits per heavy atom. The van der Waals surface area contributed by atoms with Crippen LogP contribution >= 0.6 is 15.9 Å². The average molecular weight is 461 g/mol. The third-order valence-electron chi connectivity index (χ3n) is 4.57. The van der Waals surface area contributed by atoms with Crippen molar-refractivity contribution in [2.45, 2.75) is 46.2 Å². The van der Waals surface area contributed by atoms with Crippen LogP contribution in [0.4, 0.5) is 0 Å². The van der Waals surface area contributed by atoms with Crippen molar-refractivity contribution < 1.29 is 14.3 Å². The molecule has 0 bridgehead atoms. The summed E-state index contributed by atoms with van der Waals surface area (Å²) < 4.78 is 6.69. The van der Waals surface area contributed by atoms with Crippen LogP contribution in [-0.4, -0.2) is 41.9 Å². The van der Waals surface area contributed by atoms with Crippen LogP contribution in [0.25, 0.3) is 0 Å². The minimum Gasteiger partial charge on any atom is -0.484 e. The lowest BCUT2D eigenvalue weighted by atomic mass is 10.1. The van der Waals surface area contributed by atoms with Crippen LogP contribution in [0.2, 0.25) is 0 Å². The molecule has 0 heterocycles. The van der Waals surface area contributed by atoms with Crippen LogP contribution in [0.1, 0.15) is 31.9 Å². The predicted molar refractivity (Wildman–Crippen MR) is 119 cm³/mol. The first kappa shape index (κ1) is 22.9. The number of halogens is 1. The Bertz CT molecular complexity index is 824. The van der Waals surface area contributed by atoms with Gasteiger partial charge in [0.25, 0.3) is 5.91 Å². The van der Waals surface area contributed by atoms with E-state index >= 15 is 0 Å². The van der Waals surface area contributed by atoms with Gasteiger partial charge in [0.15, 0.2) is 6.61 Å². The number of hydrogen-bond donors (Lipinski definition) is 1. The SMILES string of the molecule is Cc1cc(OCC(=O)N(CCc2ccccc2)[C@H](C)C(=O)NC(C)C)ccc1Br. The highest BCUT2D eigenvalue weighted by Crippen LogP contribution is 2.21. The molecule has 2 rings (SSSR count). The van der Waals surface area contributed by atoms with Gasteiger partial charge in [-0.1, -0.05) is 46.3 Å². The van der Waals surface area contributed by atoms with E-state index in [0.717, 1.165) is 15.6 Å². The molecular weight excluding hydrogens is 432 g/mol. The normalized spacial score (nSPS) is 11.8. The van der Waals surface area contributed by atoms with Gasteiger partial charge in [-0.2, -0.15) is 0 Å². The first-order valence-corrected chi connectivity index (χ1v) is 10.6. The molecule has 156 valence electrons. The van der Waals surface area contributed by atoms with E-state index in [2.05, 4.69) is 21.2 Å². The van der Waals surface area contributed by atoms with Gasteiger partial charge in [0.05, 0.1) is 0 Å². The third-order valence-corrected chi connectivity index (χ3v) is 5.46. The van der Waals surface area contributed by atoms with Crippen molar-refractivity contribution in [3.05, 3.63) is 64.1 Å². The average Bonchev–Trinajstić information content (AvgIpc) is 2.69. The second kappa shape index (κ2) is 11.0. The zero-order valence-corrected chi connectivity index (χ0v) is 19.0. The van der Waals surface area contributed by atoms with E-state index in [1.165, 1.54) is 0 Å². The van der Waals surface area contributed by atoms with E-state index in [4.69, 9.17) is 4.74 Å². The minimum absolute atomic E-state index is 0.0121. The summed E-state index contributed by atoms with van der Waals surface area (Å²) in [6, 6.07) is 14.9. The molecule has 1 atom stereocenters. The fourth-order valence-electron chi connectivity index (χ4n) is 2.91. The summed E-state index contributed by atoms with van der Waals surface area (Å²) in [6.07, 6.45) is 0.670. The van der Waals surface area contributed by atoms with Gasteiger partial charge in [0.1, 0.15) is 11.8 Å². The lowest BCUT2D eigenvalue weighted by Gasteiger charge is -2.29. The van der Waals surface area contributed by atoms with Crippen molar-refractivity contribution in [2.75, 3.05) is 13.2 Å². The second-order valence-corrected chi connectivity index (χ2v) is 8.22. The maximum Gasteiger partial charge on any atom is 0.261 e. The number of amides is 2. The summed E-state index contributed by atoms with van der Waals surface area (Å²) in [4.78, 5) is 27.0. The second-order valence-electron chi connectivity index (χ2n) is 7.36. The van der Waals surface area contributed by atoms with Crippen LogP contribution in [0.5, 0.6) is 5.75 Å². The summed E-state index contributed by atoms with van der Waals surface area (Å²) in [6.45, 7) is 7.85. The first-order chi connectivity index (χ1) is 13.8. The van der Waals surface area contributed by atoms with Gasteiger partial charge in [-0.05, 0) is 63.4 Å². The van der Waals surface area contributed by atoms with Crippen molar-refractivity contribution in [1.82, 2.24) is 10.2 Å². The summed E-state index contributed by atoms with van der Waals surface area (Å²) in [7, 11) is 0. The highest BCUT2D eigenvalue weighted by atomic mass is 79.9. The quantitative estimate of drug-likeness (QED) is 0.611. The van der Waals surface area contributed by atoms with Crippen molar-refractivity contribution in [1.29, 1.82) is 0 Å². The number of rotatable bonds is 9. The molecule has 2 amide bonds. The zero-order chi connectivity index (χ0) is 21.4. The number of nitrogens with zero attached hydrogens (tertiary/aromatic N) is 1. The van der Waals surface area contributed by atoms with E-state index in [-0.39, 0.29) is 24.5 Å². The topological polar surface area (TPSA) is 58.6 Å². The Hall–Kier alpha value is -2.34. The maximum atomic E-state index is 12.9. The number of nitrogens with one attached hydrogen (secondary N) is 1. The molecule has 0 fully saturated rings. The monoisotopic (exact) mass is 460 g/mol. The van der Waals surface area contributed by atoms with Crippen molar-refractivity contribution >= 4 is 27.7 Å². The van der Waals surface area contributed by atoms with Crippen molar-refractivity contribution in [3.63, 3.8) is 0 Å². The van der Waals surface area contributed by atoms with E-state index < -0.39 is 6.04 Å². The first-order valence-electron chi connectivity index (χ1n) is 9.80. The Kier molecular flexibility index (Phi) is 8.70. The number of ether oxygens (including phenoxy) is 1. The molecule has 0 unspecified atom stereocenters. The molecule has 0 radical (unpaired) electrons. The predicted octanol–water partition coefficient (Wildman–Crippen LogP) is 4.12. The van der Waals surface area contributed by atoms with E-state index in [1.54, 1.807) is 11.8 Å². The summed E-state index contributed by atoms with van der Waals surface area (Å²) in [5, 5.41) is 2.88. The molecule has 2 aromatic carbocycles. The fourth-order valence-corrected chi connectivity index (χ4v) is 3.16. The van der Waals surface area contributed by atoms with Crippen LogP contribution in [0.3, 0.4) is 0 Å². The number of aryl methyl sites for hydroxylation is 1. The van der Waals surface area contributed by atoms with E-state index in [9.17, 15) is 9.59 Å². The molecule has 0 aliphatic rings.